The van der Waals surface area contributed by atoms with Gasteiger partial charge in [0.2, 0.25) is 15.9 Å². The van der Waals surface area contributed by atoms with Crippen molar-refractivity contribution in [2.45, 2.75) is 19.1 Å². The van der Waals surface area contributed by atoms with Crippen molar-refractivity contribution >= 4 is 27.3 Å². The molecule has 6 nitrogen and oxygen atoms in total. The second kappa shape index (κ2) is 9.38. The summed E-state index contributed by atoms with van der Waals surface area (Å²) in [6.07, 6.45) is -3.78. The minimum absolute atomic E-state index is 0.226. The number of alkyl halides is 3. The van der Waals surface area contributed by atoms with E-state index in [0.717, 1.165) is 24.1 Å². The summed E-state index contributed by atoms with van der Waals surface area (Å²) in [4.78, 5) is 14.5. The molecule has 0 radical (unpaired) electrons. The van der Waals surface area contributed by atoms with Crippen LogP contribution in [0.5, 0.6) is 0 Å². The van der Waals surface area contributed by atoms with Crippen LogP contribution in [0.2, 0.25) is 0 Å². The second-order valence-electron chi connectivity index (χ2n) is 6.83. The third-order valence-corrected chi connectivity index (χ3v) is 5.70. The molecule has 0 saturated carbocycles. The maximum absolute atomic E-state index is 13.0. The molecular weight excluding hydrogens is 419 g/mol. The van der Waals surface area contributed by atoms with E-state index in [0.29, 0.717) is 16.9 Å². The molecule has 2 aromatic rings. The van der Waals surface area contributed by atoms with Crippen LogP contribution in [0.25, 0.3) is 0 Å². The first-order valence-corrected chi connectivity index (χ1v) is 11.0. The minimum Gasteiger partial charge on any atom is -0.373 e. The number of rotatable bonds is 8. The number of carbonyl (C=O) groups excluding carboxylic acids is 1. The van der Waals surface area contributed by atoms with Gasteiger partial charge in [0.1, 0.15) is 6.04 Å². The predicted molar refractivity (Wildman–Crippen MR) is 111 cm³/mol. The fourth-order valence-electron chi connectivity index (χ4n) is 2.93. The first-order chi connectivity index (χ1) is 13.9. The van der Waals surface area contributed by atoms with Crippen molar-refractivity contribution in [1.82, 2.24) is 5.32 Å². The molecule has 1 unspecified atom stereocenters. The Morgan fingerprint density at radius 1 is 1.07 bits per heavy atom. The summed E-state index contributed by atoms with van der Waals surface area (Å²) >= 11 is 0. The van der Waals surface area contributed by atoms with Gasteiger partial charge in [-0.05, 0) is 37.3 Å². The Labute approximate surface area is 174 Å². The molecular formula is C20H24F3N3O3S. The molecule has 1 N–H and O–H groups in total. The average Bonchev–Trinajstić information content (AvgIpc) is 2.67. The van der Waals surface area contributed by atoms with Crippen LogP contribution < -0.4 is 14.5 Å². The highest BCUT2D eigenvalue weighted by atomic mass is 32.2. The first-order valence-electron chi connectivity index (χ1n) is 9.12. The van der Waals surface area contributed by atoms with Gasteiger partial charge in [0.15, 0.2) is 0 Å². The van der Waals surface area contributed by atoms with Crippen LogP contribution >= 0.6 is 0 Å². The van der Waals surface area contributed by atoms with E-state index in [1.54, 1.807) is 0 Å². The van der Waals surface area contributed by atoms with Gasteiger partial charge in [0.05, 0.1) is 17.5 Å². The topological polar surface area (TPSA) is 69.7 Å². The summed E-state index contributed by atoms with van der Waals surface area (Å²) in [7, 11) is -2.17. The third kappa shape index (κ3) is 6.12. The van der Waals surface area contributed by atoms with Crippen LogP contribution in [0.4, 0.5) is 24.5 Å². The van der Waals surface area contributed by atoms with Crippen molar-refractivity contribution in [3.8, 4) is 0 Å². The number of sulfonamides is 1. The Morgan fingerprint density at radius 3 is 2.23 bits per heavy atom. The van der Waals surface area contributed by atoms with E-state index in [-0.39, 0.29) is 12.2 Å². The van der Waals surface area contributed by atoms with Crippen molar-refractivity contribution in [3.05, 3.63) is 60.2 Å². The number of hydrogen-bond donors (Lipinski definition) is 1. The Balaban J connectivity index is 2.12. The maximum atomic E-state index is 13.0. The average molecular weight is 443 g/mol. The van der Waals surface area contributed by atoms with Gasteiger partial charge in [-0.25, -0.2) is 8.42 Å². The van der Waals surface area contributed by atoms with E-state index in [1.807, 2.05) is 42.3 Å². The smallest absolute Gasteiger partial charge is 0.373 e. The number of nitrogens with zero attached hydrogens (tertiary/aromatic N) is 2. The normalized spacial score (nSPS) is 12.9. The molecule has 2 aromatic carbocycles. The molecule has 164 valence electrons. The van der Waals surface area contributed by atoms with Crippen molar-refractivity contribution in [3.63, 3.8) is 0 Å². The van der Waals surface area contributed by atoms with E-state index in [9.17, 15) is 26.4 Å². The highest BCUT2D eigenvalue weighted by Gasteiger charge is 2.34. The molecule has 1 amide bonds. The van der Waals surface area contributed by atoms with Gasteiger partial charge >= 0.3 is 6.18 Å². The SMILES string of the molecule is CC(C(=O)NCCN(C)c1ccccc1)N(c1cccc(C(F)(F)F)c1)S(C)(=O)=O. The quantitative estimate of drug-likeness (QED) is 0.681. The fraction of sp³-hybridized carbons (Fsp3) is 0.350. The molecule has 0 saturated heterocycles. The molecule has 0 spiro atoms. The van der Waals surface area contributed by atoms with Gasteiger partial charge < -0.3 is 10.2 Å². The zero-order valence-corrected chi connectivity index (χ0v) is 17.7. The molecule has 30 heavy (non-hydrogen) atoms. The zero-order chi connectivity index (χ0) is 22.5. The van der Waals surface area contributed by atoms with Crippen LogP contribution in [-0.4, -0.2) is 46.8 Å². The van der Waals surface area contributed by atoms with Gasteiger partial charge in [-0.15, -0.1) is 0 Å². The number of hydrogen-bond acceptors (Lipinski definition) is 4. The Hall–Kier alpha value is -2.75. The van der Waals surface area contributed by atoms with Gasteiger partial charge in [-0.2, -0.15) is 13.2 Å². The van der Waals surface area contributed by atoms with Gasteiger partial charge in [-0.1, -0.05) is 24.3 Å². The molecule has 0 aliphatic rings. The lowest BCUT2D eigenvalue weighted by Gasteiger charge is -2.29. The molecule has 0 bridgehead atoms. The summed E-state index contributed by atoms with van der Waals surface area (Å²) in [5.74, 6) is -0.612. The van der Waals surface area contributed by atoms with E-state index in [4.69, 9.17) is 0 Å². The molecule has 0 aromatic heterocycles. The van der Waals surface area contributed by atoms with Crippen molar-refractivity contribution in [2.24, 2.45) is 0 Å². The van der Waals surface area contributed by atoms with Crippen LogP contribution in [0.1, 0.15) is 12.5 Å². The number of anilines is 2. The third-order valence-electron chi connectivity index (χ3n) is 4.46. The summed E-state index contributed by atoms with van der Waals surface area (Å²) < 4.78 is 64.3. The number of carbonyl (C=O) groups is 1. The van der Waals surface area contributed by atoms with Crippen molar-refractivity contribution < 1.29 is 26.4 Å². The second-order valence-corrected chi connectivity index (χ2v) is 8.69. The van der Waals surface area contributed by atoms with E-state index < -0.39 is 33.7 Å². The molecule has 0 aliphatic heterocycles. The maximum Gasteiger partial charge on any atom is 0.416 e. The van der Waals surface area contributed by atoms with Crippen molar-refractivity contribution in [1.29, 1.82) is 0 Å². The number of benzene rings is 2. The summed E-state index contributed by atoms with van der Waals surface area (Å²) in [5, 5.41) is 2.64. The zero-order valence-electron chi connectivity index (χ0n) is 16.8. The molecule has 10 heteroatoms. The molecule has 1 atom stereocenters. The van der Waals surface area contributed by atoms with Crippen LogP contribution in [0.15, 0.2) is 54.6 Å². The Morgan fingerprint density at radius 2 is 1.67 bits per heavy atom. The molecule has 0 fully saturated rings. The number of para-hydroxylation sites is 1. The van der Waals surface area contributed by atoms with Crippen LogP contribution in [0, 0.1) is 0 Å². The standard InChI is InChI=1S/C20H24F3N3O3S/c1-15(19(27)24-12-13-25(2)17-9-5-4-6-10-17)26(30(3,28)29)18-11-7-8-16(14-18)20(21,22)23/h4-11,14-15H,12-13H2,1-3H3,(H,24,27). The fourth-order valence-corrected chi connectivity index (χ4v) is 4.10. The van der Waals surface area contributed by atoms with Gasteiger partial charge in [0, 0.05) is 25.8 Å². The van der Waals surface area contributed by atoms with Gasteiger partial charge in [0.25, 0.3) is 0 Å². The lowest BCUT2D eigenvalue weighted by molar-refractivity contribution is -0.137. The van der Waals surface area contributed by atoms with Gasteiger partial charge in [-0.3, -0.25) is 9.10 Å². The Kier molecular flexibility index (Phi) is 7.35. The Bertz CT molecular complexity index is 966. The van der Waals surface area contributed by atoms with Crippen LogP contribution in [-0.2, 0) is 21.0 Å². The summed E-state index contributed by atoms with van der Waals surface area (Å²) in [6.45, 7) is 2.03. The van der Waals surface area contributed by atoms with E-state index >= 15 is 0 Å². The number of halogens is 3. The lowest BCUT2D eigenvalue weighted by atomic mass is 10.2. The van der Waals surface area contributed by atoms with E-state index in [2.05, 4.69) is 5.32 Å². The summed E-state index contributed by atoms with van der Waals surface area (Å²) in [5.41, 5.74) is -0.274. The van der Waals surface area contributed by atoms with E-state index in [1.165, 1.54) is 13.0 Å². The number of amides is 1. The number of nitrogens with one attached hydrogen (secondary N) is 1. The summed E-state index contributed by atoms with van der Waals surface area (Å²) in [6, 6.07) is 12.1. The highest BCUT2D eigenvalue weighted by Crippen LogP contribution is 2.32. The first kappa shape index (κ1) is 23.5. The minimum atomic E-state index is -4.63. The predicted octanol–water partition coefficient (Wildman–Crippen LogP) is 3.11. The van der Waals surface area contributed by atoms with Crippen LogP contribution in [0.3, 0.4) is 0 Å². The highest BCUT2D eigenvalue weighted by molar-refractivity contribution is 7.92. The molecule has 0 aliphatic carbocycles. The monoisotopic (exact) mass is 443 g/mol. The largest absolute Gasteiger partial charge is 0.416 e. The van der Waals surface area contributed by atoms with Crippen molar-refractivity contribution in [2.75, 3.05) is 35.6 Å². The lowest BCUT2D eigenvalue weighted by Crippen LogP contribution is -2.49. The molecule has 2 rings (SSSR count). The number of likely N-dealkylation sites (N-methyl/N-ethyl adjacent to an activating group) is 1. The molecule has 0 heterocycles.